The summed E-state index contributed by atoms with van der Waals surface area (Å²) in [5.41, 5.74) is 21.4. The van der Waals surface area contributed by atoms with Crippen LogP contribution in [0.4, 0.5) is 11.4 Å². The van der Waals surface area contributed by atoms with E-state index in [2.05, 4.69) is 21.1 Å². The molecular weight excluding hydrogens is 404 g/mol. The van der Waals surface area contributed by atoms with Crippen LogP contribution in [-0.4, -0.2) is 23.2 Å². The molecule has 3 rings (SSSR count). The monoisotopic (exact) mass is 428 g/mol. The number of hydrogen-bond donors (Lipinski definition) is 4. The van der Waals surface area contributed by atoms with Gasteiger partial charge >= 0.3 is 0 Å². The summed E-state index contributed by atoms with van der Waals surface area (Å²) in [6.07, 6.45) is 0. The van der Waals surface area contributed by atoms with Gasteiger partial charge in [0.05, 0.1) is 11.4 Å². The maximum atomic E-state index is 12.3. The number of nitrogens with one attached hydrogen (secondary N) is 2. The molecule has 0 fully saturated rings. The van der Waals surface area contributed by atoms with E-state index >= 15 is 0 Å². The van der Waals surface area contributed by atoms with Crippen molar-refractivity contribution >= 4 is 34.6 Å². The molecule has 6 N–H and O–H groups in total. The van der Waals surface area contributed by atoms with Crippen LogP contribution >= 0.6 is 0 Å². The number of benzene rings is 3. The molecule has 0 bridgehead atoms. The Morgan fingerprint density at radius 3 is 1.16 bits per heavy atom. The molecule has 0 aliphatic heterocycles. The van der Waals surface area contributed by atoms with Gasteiger partial charge < -0.3 is 11.5 Å². The van der Waals surface area contributed by atoms with Crippen LogP contribution in [0, 0.1) is 0 Å². The zero-order chi connectivity index (χ0) is 23.1. The predicted octanol–water partition coefficient (Wildman–Crippen LogP) is 3.16. The van der Waals surface area contributed by atoms with E-state index in [0.29, 0.717) is 33.9 Å². The second kappa shape index (κ2) is 10.0. The van der Waals surface area contributed by atoms with E-state index in [4.69, 9.17) is 11.5 Å². The van der Waals surface area contributed by atoms with Crippen molar-refractivity contribution in [3.63, 3.8) is 0 Å². The molecule has 0 aliphatic rings. The first-order chi connectivity index (χ1) is 15.3. The first-order valence-electron chi connectivity index (χ1n) is 9.84. The van der Waals surface area contributed by atoms with Gasteiger partial charge in [0.1, 0.15) is 0 Å². The van der Waals surface area contributed by atoms with Crippen molar-refractivity contribution in [2.45, 2.75) is 13.8 Å². The Kier molecular flexibility index (Phi) is 6.97. The van der Waals surface area contributed by atoms with Gasteiger partial charge in [0.25, 0.3) is 11.8 Å². The van der Waals surface area contributed by atoms with Gasteiger partial charge in [-0.3, -0.25) is 9.59 Å². The molecule has 0 atom stereocenters. The van der Waals surface area contributed by atoms with Crippen LogP contribution in [0.3, 0.4) is 0 Å². The lowest BCUT2D eigenvalue weighted by atomic mass is 10.1. The quantitative estimate of drug-likeness (QED) is 0.272. The zero-order valence-electron chi connectivity index (χ0n) is 17.8. The van der Waals surface area contributed by atoms with Crippen LogP contribution in [0.25, 0.3) is 0 Å². The van der Waals surface area contributed by atoms with E-state index in [0.717, 1.165) is 11.1 Å². The van der Waals surface area contributed by atoms with Crippen molar-refractivity contribution in [1.29, 1.82) is 0 Å². The van der Waals surface area contributed by atoms with Gasteiger partial charge in [0.2, 0.25) is 0 Å². The molecule has 8 nitrogen and oxygen atoms in total. The highest BCUT2D eigenvalue weighted by Gasteiger charge is 2.09. The summed E-state index contributed by atoms with van der Waals surface area (Å²) < 4.78 is 0. The highest BCUT2D eigenvalue weighted by Crippen LogP contribution is 2.09. The van der Waals surface area contributed by atoms with Crippen LogP contribution in [0.15, 0.2) is 83.0 Å². The minimum atomic E-state index is -0.385. The number of nitrogen functional groups attached to an aromatic ring is 2. The van der Waals surface area contributed by atoms with Crippen molar-refractivity contribution in [2.24, 2.45) is 10.2 Å². The molecule has 0 radical (unpaired) electrons. The Bertz CT molecular complexity index is 1070. The van der Waals surface area contributed by atoms with E-state index in [1.165, 1.54) is 0 Å². The lowest BCUT2D eigenvalue weighted by molar-refractivity contribution is 0.0943. The third-order valence-corrected chi connectivity index (χ3v) is 4.72. The first-order valence-corrected chi connectivity index (χ1v) is 9.84. The van der Waals surface area contributed by atoms with Crippen LogP contribution in [0.1, 0.15) is 45.7 Å². The number of hydrazone groups is 2. The number of carbonyl (C=O) groups excluding carboxylic acids is 2. The number of nitrogens with zero attached hydrogens (tertiary/aromatic N) is 2. The van der Waals surface area contributed by atoms with Gasteiger partial charge in [0, 0.05) is 22.5 Å². The molecule has 32 heavy (non-hydrogen) atoms. The molecule has 0 saturated heterocycles. The summed E-state index contributed by atoms with van der Waals surface area (Å²) in [4.78, 5) is 24.7. The minimum Gasteiger partial charge on any atom is -0.399 e. The van der Waals surface area contributed by atoms with E-state index in [9.17, 15) is 9.59 Å². The molecule has 2 amide bonds. The lowest BCUT2D eigenvalue weighted by Gasteiger charge is -2.06. The maximum absolute atomic E-state index is 12.3. The SMILES string of the molecule is CC(=NNC(=O)c1ccc(C(=O)NN=C(C)c2ccc(N)cc2)cc1)c1ccc(N)cc1. The molecule has 8 heteroatoms. The van der Waals surface area contributed by atoms with Crippen LogP contribution in [0.2, 0.25) is 0 Å². The summed E-state index contributed by atoms with van der Waals surface area (Å²) >= 11 is 0. The van der Waals surface area contributed by atoms with Crippen molar-refractivity contribution in [3.8, 4) is 0 Å². The van der Waals surface area contributed by atoms with Crippen LogP contribution in [0.5, 0.6) is 0 Å². The molecule has 0 heterocycles. The van der Waals surface area contributed by atoms with E-state index < -0.39 is 0 Å². The van der Waals surface area contributed by atoms with Gasteiger partial charge in [-0.25, -0.2) is 10.9 Å². The fourth-order valence-electron chi connectivity index (χ4n) is 2.75. The van der Waals surface area contributed by atoms with Crippen molar-refractivity contribution in [2.75, 3.05) is 11.5 Å². The highest BCUT2D eigenvalue weighted by molar-refractivity contribution is 6.02. The standard InChI is InChI=1S/C24H24N6O2/c1-15(17-7-11-21(25)12-8-17)27-29-23(31)19-3-5-20(6-4-19)24(32)30-28-16(2)18-9-13-22(26)14-10-18/h3-14H,25-26H2,1-2H3,(H,29,31)(H,30,32). The lowest BCUT2D eigenvalue weighted by Crippen LogP contribution is -2.21. The average molecular weight is 428 g/mol. The molecule has 0 unspecified atom stereocenters. The summed E-state index contributed by atoms with van der Waals surface area (Å²) in [7, 11) is 0. The third kappa shape index (κ3) is 5.79. The first kappa shape index (κ1) is 22.2. The van der Waals surface area contributed by atoms with Crippen molar-refractivity contribution in [1.82, 2.24) is 10.9 Å². The zero-order valence-corrected chi connectivity index (χ0v) is 17.8. The van der Waals surface area contributed by atoms with Crippen molar-refractivity contribution < 1.29 is 9.59 Å². The number of hydrogen-bond acceptors (Lipinski definition) is 6. The Morgan fingerprint density at radius 1 is 0.562 bits per heavy atom. The third-order valence-electron chi connectivity index (χ3n) is 4.72. The summed E-state index contributed by atoms with van der Waals surface area (Å²) in [5, 5.41) is 8.22. The highest BCUT2D eigenvalue weighted by atomic mass is 16.2. The van der Waals surface area contributed by atoms with Gasteiger partial charge in [-0.05, 0) is 73.5 Å². The Morgan fingerprint density at radius 2 is 0.844 bits per heavy atom. The minimum absolute atomic E-state index is 0.372. The van der Waals surface area contributed by atoms with Crippen LogP contribution in [-0.2, 0) is 0 Å². The molecule has 162 valence electrons. The number of amides is 2. The summed E-state index contributed by atoms with van der Waals surface area (Å²) in [6, 6.07) is 20.6. The van der Waals surface area contributed by atoms with Gasteiger partial charge in [-0.2, -0.15) is 10.2 Å². The topological polar surface area (TPSA) is 135 Å². The maximum Gasteiger partial charge on any atom is 0.271 e. The Labute approximate surface area is 186 Å². The number of nitrogens with two attached hydrogens (primary N) is 2. The molecule has 0 spiro atoms. The number of rotatable bonds is 6. The second-order valence-electron chi connectivity index (χ2n) is 7.10. The largest absolute Gasteiger partial charge is 0.399 e. The van der Waals surface area contributed by atoms with E-state index in [1.807, 2.05) is 24.3 Å². The van der Waals surface area contributed by atoms with E-state index in [1.54, 1.807) is 62.4 Å². The fourth-order valence-corrected chi connectivity index (χ4v) is 2.75. The van der Waals surface area contributed by atoms with E-state index in [-0.39, 0.29) is 11.8 Å². The molecule has 0 aliphatic carbocycles. The molecule has 3 aromatic carbocycles. The number of anilines is 2. The predicted molar refractivity (Wildman–Crippen MR) is 128 cm³/mol. The molecule has 0 saturated carbocycles. The summed E-state index contributed by atoms with van der Waals surface area (Å²) in [5.74, 6) is -0.770. The smallest absolute Gasteiger partial charge is 0.271 e. The summed E-state index contributed by atoms with van der Waals surface area (Å²) in [6.45, 7) is 3.57. The van der Waals surface area contributed by atoms with Gasteiger partial charge in [0.15, 0.2) is 0 Å². The van der Waals surface area contributed by atoms with Gasteiger partial charge in [-0.15, -0.1) is 0 Å². The van der Waals surface area contributed by atoms with Crippen molar-refractivity contribution in [3.05, 3.63) is 95.1 Å². The molecular formula is C24H24N6O2. The number of carbonyl (C=O) groups is 2. The van der Waals surface area contributed by atoms with Gasteiger partial charge in [-0.1, -0.05) is 24.3 Å². The Balaban J connectivity index is 1.59. The molecule has 0 aromatic heterocycles. The Hall–Kier alpha value is -4.46. The molecule has 3 aromatic rings. The normalized spacial score (nSPS) is 11.7. The second-order valence-corrected chi connectivity index (χ2v) is 7.10. The average Bonchev–Trinajstić information content (AvgIpc) is 2.81. The fraction of sp³-hybridized carbons (Fsp3) is 0.0833. The van der Waals surface area contributed by atoms with Crippen LogP contribution < -0.4 is 22.3 Å².